The Morgan fingerprint density at radius 2 is 2.00 bits per heavy atom. The van der Waals surface area contributed by atoms with Crippen molar-refractivity contribution in [2.45, 2.75) is 57.5 Å². The SMILES string of the molecule is C=CCN1C(=O)C(C2CCCCC2)NC(=O)CC1C. The van der Waals surface area contributed by atoms with E-state index in [0.717, 1.165) is 12.8 Å². The molecule has 19 heavy (non-hydrogen) atoms. The van der Waals surface area contributed by atoms with E-state index in [0.29, 0.717) is 18.9 Å². The molecule has 1 aliphatic carbocycles. The van der Waals surface area contributed by atoms with E-state index in [1.807, 2.05) is 6.92 Å². The fraction of sp³-hybridized carbons (Fsp3) is 0.733. The molecule has 2 fully saturated rings. The van der Waals surface area contributed by atoms with Crippen LogP contribution in [-0.4, -0.2) is 35.3 Å². The molecule has 0 radical (unpaired) electrons. The molecule has 1 heterocycles. The highest BCUT2D eigenvalue weighted by atomic mass is 16.2. The largest absolute Gasteiger partial charge is 0.344 e. The van der Waals surface area contributed by atoms with Gasteiger partial charge in [-0.15, -0.1) is 6.58 Å². The van der Waals surface area contributed by atoms with Gasteiger partial charge in [-0.1, -0.05) is 25.3 Å². The molecule has 106 valence electrons. The molecule has 2 atom stereocenters. The lowest BCUT2D eigenvalue weighted by Crippen LogP contribution is -2.50. The molecule has 2 rings (SSSR count). The number of rotatable bonds is 3. The topological polar surface area (TPSA) is 49.4 Å². The van der Waals surface area contributed by atoms with Crippen molar-refractivity contribution >= 4 is 11.8 Å². The van der Waals surface area contributed by atoms with E-state index in [2.05, 4.69) is 11.9 Å². The predicted octanol–water partition coefficient (Wildman–Crippen LogP) is 1.86. The van der Waals surface area contributed by atoms with E-state index >= 15 is 0 Å². The van der Waals surface area contributed by atoms with Gasteiger partial charge in [0.2, 0.25) is 11.8 Å². The summed E-state index contributed by atoms with van der Waals surface area (Å²) in [5.74, 6) is 0.385. The summed E-state index contributed by atoms with van der Waals surface area (Å²) in [6, 6.07) is -0.364. The van der Waals surface area contributed by atoms with E-state index in [-0.39, 0.29) is 23.9 Å². The minimum absolute atomic E-state index is 0.00276. The van der Waals surface area contributed by atoms with Gasteiger partial charge in [0.25, 0.3) is 0 Å². The van der Waals surface area contributed by atoms with Crippen molar-refractivity contribution in [1.29, 1.82) is 0 Å². The van der Waals surface area contributed by atoms with Gasteiger partial charge in [-0.3, -0.25) is 9.59 Å². The van der Waals surface area contributed by atoms with Crippen LogP contribution in [0.2, 0.25) is 0 Å². The van der Waals surface area contributed by atoms with E-state index < -0.39 is 0 Å². The van der Waals surface area contributed by atoms with Crippen LogP contribution < -0.4 is 5.32 Å². The third kappa shape index (κ3) is 3.17. The molecule has 0 bridgehead atoms. The molecular formula is C15H24N2O2. The summed E-state index contributed by atoms with van der Waals surface area (Å²) in [6.45, 7) is 6.17. The Morgan fingerprint density at radius 1 is 1.32 bits per heavy atom. The number of nitrogens with one attached hydrogen (secondary N) is 1. The van der Waals surface area contributed by atoms with Gasteiger partial charge in [-0.25, -0.2) is 0 Å². The van der Waals surface area contributed by atoms with Crippen molar-refractivity contribution in [2.24, 2.45) is 5.92 Å². The summed E-state index contributed by atoms with van der Waals surface area (Å²) in [5.41, 5.74) is 0. The molecule has 0 spiro atoms. The highest BCUT2D eigenvalue weighted by Gasteiger charge is 2.38. The maximum absolute atomic E-state index is 12.7. The molecule has 4 heteroatoms. The molecule has 0 aromatic carbocycles. The van der Waals surface area contributed by atoms with Crippen molar-refractivity contribution < 1.29 is 9.59 Å². The van der Waals surface area contributed by atoms with Crippen LogP contribution in [0.4, 0.5) is 0 Å². The van der Waals surface area contributed by atoms with E-state index in [9.17, 15) is 9.59 Å². The molecule has 4 nitrogen and oxygen atoms in total. The third-order valence-corrected chi connectivity index (χ3v) is 4.33. The number of hydrogen-bond acceptors (Lipinski definition) is 2. The zero-order valence-corrected chi connectivity index (χ0v) is 11.7. The van der Waals surface area contributed by atoms with Gasteiger partial charge >= 0.3 is 0 Å². The van der Waals surface area contributed by atoms with Gasteiger partial charge in [-0.05, 0) is 25.7 Å². The summed E-state index contributed by atoms with van der Waals surface area (Å²) in [5, 5.41) is 2.95. The first-order valence-electron chi connectivity index (χ1n) is 7.34. The highest BCUT2D eigenvalue weighted by Crippen LogP contribution is 2.29. The number of hydrogen-bond donors (Lipinski definition) is 1. The lowest BCUT2D eigenvalue weighted by Gasteiger charge is -2.33. The van der Waals surface area contributed by atoms with Crippen molar-refractivity contribution in [2.75, 3.05) is 6.54 Å². The molecule has 2 aliphatic rings. The molecule has 0 aromatic rings. The van der Waals surface area contributed by atoms with Gasteiger partial charge in [0, 0.05) is 19.0 Å². The first-order valence-corrected chi connectivity index (χ1v) is 7.34. The Morgan fingerprint density at radius 3 is 2.63 bits per heavy atom. The number of nitrogens with zero attached hydrogens (tertiary/aromatic N) is 1. The Balaban J connectivity index is 2.17. The number of carbonyl (C=O) groups is 2. The molecule has 1 saturated heterocycles. The molecule has 1 saturated carbocycles. The molecule has 2 unspecified atom stereocenters. The summed E-state index contributed by atoms with van der Waals surface area (Å²) < 4.78 is 0. The van der Waals surface area contributed by atoms with Crippen molar-refractivity contribution in [3.63, 3.8) is 0 Å². The van der Waals surface area contributed by atoms with Gasteiger partial charge in [-0.2, -0.15) is 0 Å². The second-order valence-electron chi connectivity index (χ2n) is 5.78. The summed E-state index contributed by atoms with van der Waals surface area (Å²) in [7, 11) is 0. The van der Waals surface area contributed by atoms with Gasteiger partial charge < -0.3 is 10.2 Å². The van der Waals surface area contributed by atoms with E-state index in [4.69, 9.17) is 0 Å². The van der Waals surface area contributed by atoms with Gasteiger partial charge in [0.05, 0.1) is 0 Å². The quantitative estimate of drug-likeness (QED) is 0.791. The maximum Gasteiger partial charge on any atom is 0.245 e. The van der Waals surface area contributed by atoms with Crippen LogP contribution in [0, 0.1) is 5.92 Å². The number of carbonyl (C=O) groups excluding carboxylic acids is 2. The minimum atomic E-state index is -0.322. The molecular weight excluding hydrogens is 240 g/mol. The summed E-state index contributed by atoms with van der Waals surface area (Å²) in [6.07, 6.45) is 7.81. The third-order valence-electron chi connectivity index (χ3n) is 4.33. The van der Waals surface area contributed by atoms with Crippen molar-refractivity contribution in [3.8, 4) is 0 Å². The zero-order valence-electron chi connectivity index (χ0n) is 11.7. The Kier molecular flexibility index (Phi) is 4.61. The van der Waals surface area contributed by atoms with Crippen LogP contribution in [0.5, 0.6) is 0 Å². The van der Waals surface area contributed by atoms with Crippen LogP contribution in [-0.2, 0) is 9.59 Å². The van der Waals surface area contributed by atoms with Crippen molar-refractivity contribution in [1.82, 2.24) is 10.2 Å². The highest BCUT2D eigenvalue weighted by molar-refractivity contribution is 5.90. The number of amides is 2. The Labute approximate surface area is 115 Å². The van der Waals surface area contributed by atoms with Crippen LogP contribution in [0.1, 0.15) is 45.4 Å². The second-order valence-corrected chi connectivity index (χ2v) is 5.78. The lowest BCUT2D eigenvalue weighted by atomic mass is 9.83. The first kappa shape index (κ1) is 14.1. The van der Waals surface area contributed by atoms with E-state index in [1.165, 1.54) is 19.3 Å². The van der Waals surface area contributed by atoms with Crippen LogP contribution in [0.15, 0.2) is 12.7 Å². The maximum atomic E-state index is 12.7. The fourth-order valence-electron chi connectivity index (χ4n) is 3.26. The molecule has 1 aliphatic heterocycles. The van der Waals surface area contributed by atoms with Crippen molar-refractivity contribution in [3.05, 3.63) is 12.7 Å². The fourth-order valence-corrected chi connectivity index (χ4v) is 3.26. The lowest BCUT2D eigenvalue weighted by molar-refractivity contribution is -0.136. The summed E-state index contributed by atoms with van der Waals surface area (Å²) in [4.78, 5) is 26.4. The first-order chi connectivity index (χ1) is 9.13. The average molecular weight is 264 g/mol. The Bertz CT molecular complexity index is 361. The molecule has 2 amide bonds. The summed E-state index contributed by atoms with van der Waals surface area (Å²) >= 11 is 0. The van der Waals surface area contributed by atoms with Gasteiger partial charge in [0.15, 0.2) is 0 Å². The zero-order chi connectivity index (χ0) is 13.8. The standard InChI is InChI=1S/C15H24N2O2/c1-3-9-17-11(2)10-13(18)16-14(15(17)19)12-7-5-4-6-8-12/h3,11-12,14H,1,4-10H2,2H3,(H,16,18). The van der Waals surface area contributed by atoms with Crippen LogP contribution in [0.3, 0.4) is 0 Å². The Hall–Kier alpha value is -1.32. The van der Waals surface area contributed by atoms with Crippen LogP contribution >= 0.6 is 0 Å². The smallest absolute Gasteiger partial charge is 0.245 e. The molecule has 0 aromatic heterocycles. The second kappa shape index (κ2) is 6.22. The predicted molar refractivity (Wildman–Crippen MR) is 74.5 cm³/mol. The minimum Gasteiger partial charge on any atom is -0.344 e. The van der Waals surface area contributed by atoms with Gasteiger partial charge in [0.1, 0.15) is 6.04 Å². The van der Waals surface area contributed by atoms with E-state index in [1.54, 1.807) is 11.0 Å². The van der Waals surface area contributed by atoms with Crippen LogP contribution in [0.25, 0.3) is 0 Å². The average Bonchev–Trinajstić information content (AvgIpc) is 2.51. The monoisotopic (exact) mass is 264 g/mol. The normalized spacial score (nSPS) is 29.8. The molecule has 1 N–H and O–H groups in total.